The molecular weight excluding hydrogens is 366 g/mol. The number of carbonyl (C=O) groups is 2. The molecule has 0 atom stereocenters. The molecule has 0 saturated carbocycles. The lowest BCUT2D eigenvalue weighted by molar-refractivity contribution is -0.124. The maximum Gasteiger partial charge on any atom is 0.267 e. The molecule has 0 bridgehead atoms. The van der Waals surface area contributed by atoms with Crippen LogP contribution in [-0.4, -0.2) is 48.0 Å². The second kappa shape index (κ2) is 10.5. The molecule has 150 valence electrons. The summed E-state index contributed by atoms with van der Waals surface area (Å²) in [5.74, 6) is -0.652. The zero-order chi connectivity index (χ0) is 20.5. The van der Waals surface area contributed by atoms with Crippen LogP contribution in [0, 0.1) is 0 Å². The van der Waals surface area contributed by atoms with E-state index >= 15 is 0 Å². The molecule has 0 aromatic heterocycles. The number of carbonyl (C=O) groups excluding carboxylic acids is 2. The van der Waals surface area contributed by atoms with Gasteiger partial charge in [0.05, 0.1) is 0 Å². The van der Waals surface area contributed by atoms with Gasteiger partial charge in [-0.1, -0.05) is 48.5 Å². The fraction of sp³-hybridized carbons (Fsp3) is 0.217. The van der Waals surface area contributed by atoms with Gasteiger partial charge in [0.25, 0.3) is 5.91 Å². The second-order valence-corrected chi connectivity index (χ2v) is 6.90. The van der Waals surface area contributed by atoms with Gasteiger partial charge in [-0.2, -0.15) is 0 Å². The van der Waals surface area contributed by atoms with Gasteiger partial charge >= 0.3 is 0 Å². The lowest BCUT2D eigenvalue weighted by Gasteiger charge is -2.27. The Hall–Kier alpha value is -3.06. The van der Waals surface area contributed by atoms with Gasteiger partial charge < -0.3 is 5.32 Å². The molecule has 1 saturated heterocycles. The van der Waals surface area contributed by atoms with Crippen LogP contribution in [-0.2, 0) is 11.3 Å². The predicted octanol–water partition coefficient (Wildman–Crippen LogP) is 2.51. The lowest BCUT2D eigenvalue weighted by Crippen LogP contribution is -2.42. The fourth-order valence-corrected chi connectivity index (χ4v) is 3.15. The fourth-order valence-electron chi connectivity index (χ4n) is 3.15. The predicted molar refractivity (Wildman–Crippen MR) is 113 cm³/mol. The molecular formula is C23H25N3O3. The Bertz CT molecular complexity index is 898. The molecule has 29 heavy (non-hydrogen) atoms. The van der Waals surface area contributed by atoms with Crippen molar-refractivity contribution in [2.75, 3.05) is 26.2 Å². The van der Waals surface area contributed by atoms with E-state index in [9.17, 15) is 9.59 Å². The van der Waals surface area contributed by atoms with Crippen LogP contribution < -0.4 is 10.8 Å². The Morgan fingerprint density at radius 3 is 2.31 bits per heavy atom. The standard InChI is InChI=1S/C23H25N3O3/c27-22(10-6-18-2-1-3-19(16-18)7-11-23(28)25-29)21-8-4-20(5-9-21)17-26-14-12-24-13-15-26/h1-11,16,24,29H,12-15,17H2,(H,25,28)/b10-6+,11-7+. The number of hydroxylamine groups is 1. The van der Waals surface area contributed by atoms with E-state index < -0.39 is 5.91 Å². The third-order valence-electron chi connectivity index (χ3n) is 4.73. The summed E-state index contributed by atoms with van der Waals surface area (Å²) in [5.41, 5.74) is 5.05. The molecule has 0 aliphatic carbocycles. The molecule has 1 amide bonds. The Labute approximate surface area is 170 Å². The average Bonchev–Trinajstić information content (AvgIpc) is 2.77. The molecule has 1 aliphatic heterocycles. The van der Waals surface area contributed by atoms with Gasteiger partial charge in [0.2, 0.25) is 0 Å². The van der Waals surface area contributed by atoms with Gasteiger partial charge in [0, 0.05) is 44.4 Å². The van der Waals surface area contributed by atoms with Gasteiger partial charge in [0.1, 0.15) is 0 Å². The number of nitrogens with zero attached hydrogens (tertiary/aromatic N) is 1. The topological polar surface area (TPSA) is 81.7 Å². The number of allylic oxidation sites excluding steroid dienone is 1. The van der Waals surface area contributed by atoms with Crippen molar-refractivity contribution < 1.29 is 14.8 Å². The average molecular weight is 391 g/mol. The summed E-state index contributed by atoms with van der Waals surface area (Å²) >= 11 is 0. The smallest absolute Gasteiger partial charge is 0.267 e. The summed E-state index contributed by atoms with van der Waals surface area (Å²) in [6, 6.07) is 15.2. The molecule has 2 aromatic rings. The van der Waals surface area contributed by atoms with E-state index in [-0.39, 0.29) is 5.78 Å². The SMILES string of the molecule is O=C(/C=C/c1cccc(/C=C/C(=O)c2ccc(CN3CCNCC3)cc2)c1)NO. The largest absolute Gasteiger partial charge is 0.314 e. The first-order chi connectivity index (χ1) is 14.1. The minimum absolute atomic E-state index is 0.0562. The van der Waals surface area contributed by atoms with E-state index in [4.69, 9.17) is 5.21 Å². The van der Waals surface area contributed by atoms with Crippen molar-refractivity contribution in [2.24, 2.45) is 0 Å². The Kier molecular flexibility index (Phi) is 7.47. The van der Waals surface area contributed by atoms with Crippen molar-refractivity contribution in [1.82, 2.24) is 15.7 Å². The number of hydrogen-bond acceptors (Lipinski definition) is 5. The third-order valence-corrected chi connectivity index (χ3v) is 4.73. The number of rotatable bonds is 7. The molecule has 3 rings (SSSR count). The highest BCUT2D eigenvalue weighted by Gasteiger charge is 2.10. The summed E-state index contributed by atoms with van der Waals surface area (Å²) in [6.07, 6.45) is 6.12. The van der Waals surface area contributed by atoms with Crippen molar-refractivity contribution in [1.29, 1.82) is 0 Å². The molecule has 6 nitrogen and oxygen atoms in total. The van der Waals surface area contributed by atoms with E-state index in [0.29, 0.717) is 5.56 Å². The van der Waals surface area contributed by atoms with Crippen LogP contribution in [0.2, 0.25) is 0 Å². The Morgan fingerprint density at radius 1 is 1.00 bits per heavy atom. The lowest BCUT2D eigenvalue weighted by atomic mass is 10.1. The Morgan fingerprint density at radius 2 is 1.66 bits per heavy atom. The van der Waals surface area contributed by atoms with Gasteiger partial charge in [-0.15, -0.1) is 0 Å². The zero-order valence-corrected chi connectivity index (χ0v) is 16.2. The summed E-state index contributed by atoms with van der Waals surface area (Å²) in [4.78, 5) is 25.9. The first-order valence-electron chi connectivity index (χ1n) is 9.61. The minimum Gasteiger partial charge on any atom is -0.314 e. The number of nitrogens with one attached hydrogen (secondary N) is 2. The van der Waals surface area contributed by atoms with Crippen LogP contribution in [0.1, 0.15) is 27.0 Å². The van der Waals surface area contributed by atoms with E-state index in [1.165, 1.54) is 11.6 Å². The van der Waals surface area contributed by atoms with Crippen molar-refractivity contribution in [3.8, 4) is 0 Å². The Balaban J connectivity index is 1.60. The maximum atomic E-state index is 12.5. The van der Waals surface area contributed by atoms with Crippen LogP contribution >= 0.6 is 0 Å². The van der Waals surface area contributed by atoms with Crippen LogP contribution in [0.25, 0.3) is 12.2 Å². The maximum absolute atomic E-state index is 12.5. The molecule has 1 heterocycles. The number of piperazine rings is 1. The van der Waals surface area contributed by atoms with Gasteiger partial charge in [0.15, 0.2) is 5.78 Å². The molecule has 2 aromatic carbocycles. The third kappa shape index (κ3) is 6.50. The monoisotopic (exact) mass is 391 g/mol. The van der Waals surface area contributed by atoms with E-state index in [0.717, 1.165) is 43.9 Å². The highest BCUT2D eigenvalue weighted by atomic mass is 16.5. The van der Waals surface area contributed by atoms with E-state index in [1.807, 2.05) is 48.5 Å². The molecule has 0 spiro atoms. The summed E-state index contributed by atoms with van der Waals surface area (Å²) < 4.78 is 0. The van der Waals surface area contributed by atoms with Crippen molar-refractivity contribution >= 4 is 23.8 Å². The minimum atomic E-state index is -0.596. The second-order valence-electron chi connectivity index (χ2n) is 6.90. The zero-order valence-electron chi connectivity index (χ0n) is 16.2. The van der Waals surface area contributed by atoms with Gasteiger partial charge in [-0.3, -0.25) is 19.7 Å². The molecule has 1 aliphatic rings. The van der Waals surface area contributed by atoms with Crippen LogP contribution in [0.3, 0.4) is 0 Å². The van der Waals surface area contributed by atoms with Gasteiger partial charge in [-0.05, 0) is 34.9 Å². The first kappa shape index (κ1) is 20.7. The molecule has 6 heteroatoms. The summed E-state index contributed by atoms with van der Waals surface area (Å²) in [6.45, 7) is 5.03. The van der Waals surface area contributed by atoms with Crippen LogP contribution in [0.5, 0.6) is 0 Å². The quantitative estimate of drug-likeness (QED) is 0.292. The van der Waals surface area contributed by atoms with E-state index in [1.54, 1.807) is 23.7 Å². The van der Waals surface area contributed by atoms with Crippen molar-refractivity contribution in [3.05, 3.63) is 82.9 Å². The summed E-state index contributed by atoms with van der Waals surface area (Å²) in [7, 11) is 0. The van der Waals surface area contributed by atoms with Gasteiger partial charge in [-0.25, -0.2) is 5.48 Å². The highest BCUT2D eigenvalue weighted by molar-refractivity contribution is 6.06. The number of amides is 1. The number of benzene rings is 2. The first-order valence-corrected chi connectivity index (χ1v) is 9.61. The van der Waals surface area contributed by atoms with Crippen molar-refractivity contribution in [3.63, 3.8) is 0 Å². The number of ketones is 1. The normalized spacial score (nSPS) is 15.1. The molecule has 3 N–H and O–H groups in total. The summed E-state index contributed by atoms with van der Waals surface area (Å²) in [5, 5.41) is 11.9. The molecule has 1 fully saturated rings. The number of hydrogen-bond donors (Lipinski definition) is 3. The molecule has 0 radical (unpaired) electrons. The van der Waals surface area contributed by atoms with Crippen LogP contribution in [0.4, 0.5) is 0 Å². The molecule has 0 unspecified atom stereocenters. The van der Waals surface area contributed by atoms with Crippen LogP contribution in [0.15, 0.2) is 60.7 Å². The van der Waals surface area contributed by atoms with Crippen molar-refractivity contribution in [2.45, 2.75) is 6.54 Å². The van der Waals surface area contributed by atoms with E-state index in [2.05, 4.69) is 10.2 Å². The highest BCUT2D eigenvalue weighted by Crippen LogP contribution is 2.12.